The molecule has 20 heavy (non-hydrogen) atoms. The first-order valence-electron chi connectivity index (χ1n) is 5.19. The number of rotatable bonds is 1. The Hall–Kier alpha value is -3.16. The first kappa shape index (κ1) is 13.3. The van der Waals surface area contributed by atoms with E-state index in [0.29, 0.717) is 12.1 Å². The Morgan fingerprint density at radius 1 is 0.400 bits per heavy atom. The van der Waals surface area contributed by atoms with Gasteiger partial charge in [-0.3, -0.25) is 0 Å². The lowest BCUT2D eigenvalue weighted by Crippen LogP contribution is -1.86. The number of benzene rings is 2. The number of aromatic hydroxyl groups is 8. The minimum Gasteiger partial charge on any atom is -0.504 e. The highest BCUT2D eigenvalue weighted by molar-refractivity contribution is 5.91. The van der Waals surface area contributed by atoms with Gasteiger partial charge in [0.15, 0.2) is 46.0 Å². The van der Waals surface area contributed by atoms with Gasteiger partial charge in [0.2, 0.25) is 0 Å². The van der Waals surface area contributed by atoms with Crippen LogP contribution in [0.3, 0.4) is 0 Å². The number of hydrogen-bond donors (Lipinski definition) is 8. The molecule has 0 aliphatic carbocycles. The molecule has 8 N–H and O–H groups in total. The van der Waals surface area contributed by atoms with Crippen molar-refractivity contribution in [3.8, 4) is 57.1 Å². The Kier molecular flexibility index (Phi) is 2.78. The Labute approximate surface area is 111 Å². The summed E-state index contributed by atoms with van der Waals surface area (Å²) in [6.07, 6.45) is 0. The van der Waals surface area contributed by atoms with Crippen LogP contribution in [-0.2, 0) is 0 Å². The first-order chi connectivity index (χ1) is 9.25. The van der Waals surface area contributed by atoms with Crippen LogP contribution in [0.1, 0.15) is 0 Å². The summed E-state index contributed by atoms with van der Waals surface area (Å²) in [6, 6.07) is 1.26. The van der Waals surface area contributed by atoms with E-state index in [0.717, 1.165) is 0 Å². The van der Waals surface area contributed by atoms with Gasteiger partial charge in [-0.1, -0.05) is 0 Å². The molecule has 8 nitrogen and oxygen atoms in total. The van der Waals surface area contributed by atoms with Crippen LogP contribution in [0.25, 0.3) is 11.1 Å². The molecule has 0 saturated heterocycles. The van der Waals surface area contributed by atoms with Gasteiger partial charge in [0.05, 0.1) is 11.1 Å². The van der Waals surface area contributed by atoms with E-state index in [1.165, 1.54) is 0 Å². The van der Waals surface area contributed by atoms with Crippen molar-refractivity contribution in [1.82, 2.24) is 0 Å². The quantitative estimate of drug-likeness (QED) is 0.283. The van der Waals surface area contributed by atoms with E-state index < -0.39 is 57.1 Å². The predicted octanol–water partition coefficient (Wildman–Crippen LogP) is 0.998. The third-order valence-electron chi connectivity index (χ3n) is 2.71. The van der Waals surface area contributed by atoms with Gasteiger partial charge in [0.1, 0.15) is 0 Å². The van der Waals surface area contributed by atoms with Crippen LogP contribution in [0.15, 0.2) is 12.1 Å². The van der Waals surface area contributed by atoms with Gasteiger partial charge in [0, 0.05) is 12.1 Å². The topological polar surface area (TPSA) is 162 Å². The highest BCUT2D eigenvalue weighted by atomic mass is 16.3. The van der Waals surface area contributed by atoms with Crippen LogP contribution in [0, 0.1) is 0 Å². The number of hydrogen-bond acceptors (Lipinski definition) is 8. The molecule has 0 aliphatic heterocycles. The van der Waals surface area contributed by atoms with E-state index in [1.807, 2.05) is 0 Å². The second-order valence-corrected chi connectivity index (χ2v) is 3.97. The molecule has 0 amide bonds. The summed E-state index contributed by atoms with van der Waals surface area (Å²) in [5, 5.41) is 76.2. The smallest absolute Gasteiger partial charge is 0.169 e. The van der Waals surface area contributed by atoms with Gasteiger partial charge in [-0.25, -0.2) is 0 Å². The zero-order chi connectivity index (χ0) is 15.2. The summed E-state index contributed by atoms with van der Waals surface area (Å²) >= 11 is 0. The van der Waals surface area contributed by atoms with Crippen LogP contribution in [0.4, 0.5) is 0 Å². The van der Waals surface area contributed by atoms with Crippen LogP contribution in [0.2, 0.25) is 0 Å². The first-order valence-corrected chi connectivity index (χ1v) is 5.19. The van der Waals surface area contributed by atoms with E-state index in [-0.39, 0.29) is 0 Å². The maximum absolute atomic E-state index is 9.68. The minimum atomic E-state index is -0.976. The van der Waals surface area contributed by atoms with E-state index in [2.05, 4.69) is 0 Å². The number of phenolic OH excluding ortho intramolecular Hbond substituents is 8. The molecular weight excluding hydrogens is 272 g/mol. The van der Waals surface area contributed by atoms with E-state index in [9.17, 15) is 40.9 Å². The third kappa shape index (κ3) is 1.70. The maximum atomic E-state index is 9.68. The largest absolute Gasteiger partial charge is 0.504 e. The summed E-state index contributed by atoms with van der Waals surface area (Å²) in [6.45, 7) is 0. The summed E-state index contributed by atoms with van der Waals surface area (Å²) in [7, 11) is 0. The van der Waals surface area contributed by atoms with Gasteiger partial charge >= 0.3 is 0 Å². The molecule has 106 valence electrons. The molecular formula is C12H10O8. The Bertz CT molecular complexity index is 594. The van der Waals surface area contributed by atoms with E-state index >= 15 is 0 Å². The summed E-state index contributed by atoms with van der Waals surface area (Å²) < 4.78 is 0. The van der Waals surface area contributed by atoms with Crippen molar-refractivity contribution >= 4 is 0 Å². The van der Waals surface area contributed by atoms with Crippen LogP contribution >= 0.6 is 0 Å². The number of phenols is 8. The SMILES string of the molecule is Oc1cc(O)c(O)c(-c2c(O)c(O)cc(O)c2O)c1O. The van der Waals surface area contributed by atoms with Crippen LogP contribution in [-0.4, -0.2) is 40.9 Å². The molecule has 0 aromatic heterocycles. The third-order valence-corrected chi connectivity index (χ3v) is 2.71. The van der Waals surface area contributed by atoms with Crippen molar-refractivity contribution in [2.24, 2.45) is 0 Å². The molecule has 0 radical (unpaired) electrons. The molecule has 0 aliphatic rings. The lowest BCUT2D eigenvalue weighted by atomic mass is 9.99. The molecule has 0 spiro atoms. The summed E-state index contributed by atoms with van der Waals surface area (Å²) in [5.74, 6) is -7.30. The van der Waals surface area contributed by atoms with Crippen LogP contribution in [0.5, 0.6) is 46.0 Å². The molecule has 0 atom stereocenters. The highest BCUT2D eigenvalue weighted by Gasteiger charge is 2.27. The second kappa shape index (κ2) is 4.19. The zero-order valence-corrected chi connectivity index (χ0v) is 9.73. The monoisotopic (exact) mass is 282 g/mol. The van der Waals surface area contributed by atoms with Crippen molar-refractivity contribution in [3.63, 3.8) is 0 Å². The van der Waals surface area contributed by atoms with Crippen molar-refractivity contribution in [2.75, 3.05) is 0 Å². The van der Waals surface area contributed by atoms with E-state index in [4.69, 9.17) is 0 Å². The Morgan fingerprint density at radius 3 is 0.800 bits per heavy atom. The van der Waals surface area contributed by atoms with Crippen LogP contribution < -0.4 is 0 Å². The standard InChI is InChI=1S/C12H10O8/c13-3-1-4(14)10(18)7(9(3)17)8-11(19)5(15)2-6(16)12(8)20/h1-2,13-20H. The molecule has 0 bridgehead atoms. The summed E-state index contributed by atoms with van der Waals surface area (Å²) in [5.41, 5.74) is -1.52. The van der Waals surface area contributed by atoms with Gasteiger partial charge in [-0.15, -0.1) is 0 Å². The molecule has 0 fully saturated rings. The lowest BCUT2D eigenvalue weighted by molar-refractivity contribution is 0.366. The van der Waals surface area contributed by atoms with Crippen molar-refractivity contribution in [2.45, 2.75) is 0 Å². The second-order valence-electron chi connectivity index (χ2n) is 3.97. The molecule has 0 heterocycles. The Morgan fingerprint density at radius 2 is 0.600 bits per heavy atom. The fourth-order valence-electron chi connectivity index (χ4n) is 1.74. The Balaban J connectivity index is 2.96. The molecule has 8 heteroatoms. The van der Waals surface area contributed by atoms with E-state index in [1.54, 1.807) is 0 Å². The van der Waals surface area contributed by atoms with Crippen molar-refractivity contribution in [3.05, 3.63) is 12.1 Å². The van der Waals surface area contributed by atoms with Gasteiger partial charge < -0.3 is 40.9 Å². The molecule has 0 unspecified atom stereocenters. The molecule has 2 aromatic rings. The average Bonchev–Trinajstić information content (AvgIpc) is 2.38. The minimum absolute atomic E-state index is 0.630. The zero-order valence-electron chi connectivity index (χ0n) is 9.73. The predicted molar refractivity (Wildman–Crippen MR) is 65.2 cm³/mol. The van der Waals surface area contributed by atoms with Crippen molar-refractivity contribution in [1.29, 1.82) is 0 Å². The highest BCUT2D eigenvalue weighted by Crippen LogP contribution is 2.56. The van der Waals surface area contributed by atoms with Gasteiger partial charge in [-0.05, 0) is 0 Å². The average molecular weight is 282 g/mol. The van der Waals surface area contributed by atoms with Gasteiger partial charge in [-0.2, -0.15) is 0 Å². The molecule has 2 rings (SSSR count). The fourth-order valence-corrected chi connectivity index (χ4v) is 1.74. The van der Waals surface area contributed by atoms with Crippen molar-refractivity contribution < 1.29 is 40.9 Å². The normalized spacial score (nSPS) is 10.6. The summed E-state index contributed by atoms with van der Waals surface area (Å²) in [4.78, 5) is 0. The molecule has 0 saturated carbocycles. The van der Waals surface area contributed by atoms with Gasteiger partial charge in [0.25, 0.3) is 0 Å². The lowest BCUT2D eigenvalue weighted by Gasteiger charge is -2.14. The maximum Gasteiger partial charge on any atom is 0.169 e. The fraction of sp³-hybridized carbons (Fsp3) is 0. The molecule has 2 aromatic carbocycles.